The topological polar surface area (TPSA) is 99.3 Å². The van der Waals surface area contributed by atoms with Gasteiger partial charge >= 0.3 is 12.1 Å². The minimum Gasteiger partial charge on any atom is -0.444 e. The summed E-state index contributed by atoms with van der Waals surface area (Å²) in [6, 6.07) is 7.44. The molecule has 3 rings (SSSR count). The Morgan fingerprint density at radius 1 is 1.07 bits per heavy atom. The fourth-order valence-electron chi connectivity index (χ4n) is 3.23. The zero-order valence-electron chi connectivity index (χ0n) is 18.5. The minimum atomic E-state index is -0.540. The molecule has 162 valence electrons. The number of ether oxygens (including phenoxy) is 1. The van der Waals surface area contributed by atoms with E-state index in [2.05, 4.69) is 41.6 Å². The van der Waals surface area contributed by atoms with Gasteiger partial charge in [0, 0.05) is 17.8 Å². The van der Waals surface area contributed by atoms with E-state index in [0.717, 1.165) is 11.3 Å². The van der Waals surface area contributed by atoms with Crippen LogP contribution in [0, 0.1) is 0 Å². The Morgan fingerprint density at radius 2 is 1.73 bits per heavy atom. The molecule has 0 spiro atoms. The molecule has 0 aliphatic carbocycles. The Hall–Kier alpha value is -3.03. The second-order valence-electron chi connectivity index (χ2n) is 9.59. The standard InChI is InChI=1S/C22H31N5O3/c1-21(2,3)14-7-9-15(10-8-14)23-19(28)24-18-16-11-12-27(13-17(16)25-26-18)20(29)30-22(4,5)6/h7-10H,11-13H2,1-6H3,(H3,23,24,25,26,28). The molecule has 0 fully saturated rings. The van der Waals surface area contributed by atoms with Gasteiger partial charge in [0.15, 0.2) is 5.82 Å². The number of H-pyrrole nitrogens is 1. The smallest absolute Gasteiger partial charge is 0.410 e. The Morgan fingerprint density at radius 3 is 2.33 bits per heavy atom. The lowest BCUT2D eigenvalue weighted by molar-refractivity contribution is 0.0221. The van der Waals surface area contributed by atoms with Crippen LogP contribution < -0.4 is 10.6 Å². The van der Waals surface area contributed by atoms with Gasteiger partial charge in [-0.3, -0.25) is 10.4 Å². The van der Waals surface area contributed by atoms with Crippen LogP contribution in [-0.4, -0.2) is 39.4 Å². The summed E-state index contributed by atoms with van der Waals surface area (Å²) < 4.78 is 5.43. The van der Waals surface area contributed by atoms with Crippen molar-refractivity contribution in [3.63, 3.8) is 0 Å². The average Bonchev–Trinajstić information content (AvgIpc) is 3.02. The lowest BCUT2D eigenvalue weighted by Crippen LogP contribution is -2.40. The van der Waals surface area contributed by atoms with Gasteiger partial charge in [-0.25, -0.2) is 9.59 Å². The van der Waals surface area contributed by atoms with E-state index < -0.39 is 5.60 Å². The predicted octanol–water partition coefficient (Wildman–Crippen LogP) is 4.64. The maximum Gasteiger partial charge on any atom is 0.410 e. The summed E-state index contributed by atoms with van der Waals surface area (Å²) in [7, 11) is 0. The number of hydrogen-bond acceptors (Lipinski definition) is 4. The molecule has 1 aromatic carbocycles. The van der Waals surface area contributed by atoms with Gasteiger partial charge in [-0.1, -0.05) is 32.9 Å². The molecule has 0 bridgehead atoms. The second-order valence-corrected chi connectivity index (χ2v) is 9.59. The highest BCUT2D eigenvalue weighted by molar-refractivity contribution is 5.99. The summed E-state index contributed by atoms with van der Waals surface area (Å²) in [5.41, 5.74) is 3.14. The molecule has 8 heteroatoms. The van der Waals surface area contributed by atoms with Gasteiger partial charge in [0.25, 0.3) is 0 Å². The summed E-state index contributed by atoms with van der Waals surface area (Å²) in [5, 5.41) is 12.8. The molecule has 1 aliphatic heterocycles. The number of carbonyl (C=O) groups is 2. The number of fused-ring (bicyclic) bond motifs is 1. The fraction of sp³-hybridized carbons (Fsp3) is 0.500. The van der Waals surface area contributed by atoms with E-state index in [1.165, 1.54) is 5.56 Å². The van der Waals surface area contributed by atoms with E-state index >= 15 is 0 Å². The number of aromatic amines is 1. The molecule has 1 aliphatic rings. The van der Waals surface area contributed by atoms with Gasteiger partial charge in [0.2, 0.25) is 0 Å². The third-order valence-electron chi connectivity index (χ3n) is 4.83. The van der Waals surface area contributed by atoms with Crippen molar-refractivity contribution < 1.29 is 14.3 Å². The average molecular weight is 414 g/mol. The molecule has 0 unspecified atom stereocenters. The molecule has 0 radical (unpaired) electrons. The number of amides is 3. The highest BCUT2D eigenvalue weighted by Crippen LogP contribution is 2.26. The summed E-state index contributed by atoms with van der Waals surface area (Å²) in [4.78, 5) is 26.3. The van der Waals surface area contributed by atoms with E-state index in [0.29, 0.717) is 31.0 Å². The second kappa shape index (κ2) is 8.01. The van der Waals surface area contributed by atoms with Crippen LogP contribution in [-0.2, 0) is 23.1 Å². The third-order valence-corrected chi connectivity index (χ3v) is 4.83. The molecule has 30 heavy (non-hydrogen) atoms. The third kappa shape index (κ3) is 5.31. The maximum atomic E-state index is 12.4. The maximum absolute atomic E-state index is 12.4. The molecule has 8 nitrogen and oxygen atoms in total. The zero-order chi connectivity index (χ0) is 22.1. The van der Waals surface area contributed by atoms with Gasteiger partial charge in [0.05, 0.1) is 12.2 Å². The van der Waals surface area contributed by atoms with E-state index in [-0.39, 0.29) is 17.5 Å². The molecule has 1 aromatic heterocycles. The van der Waals surface area contributed by atoms with E-state index in [1.807, 2.05) is 45.0 Å². The first kappa shape index (κ1) is 21.7. The number of nitrogens with zero attached hydrogens (tertiary/aromatic N) is 2. The molecule has 2 heterocycles. The van der Waals surface area contributed by atoms with Gasteiger partial charge in [0.1, 0.15) is 5.60 Å². The number of hydrogen-bond donors (Lipinski definition) is 3. The van der Waals surface area contributed by atoms with Crippen molar-refractivity contribution >= 4 is 23.6 Å². The number of nitrogens with one attached hydrogen (secondary N) is 3. The lowest BCUT2D eigenvalue weighted by atomic mass is 9.87. The van der Waals surface area contributed by atoms with Crippen molar-refractivity contribution in [1.29, 1.82) is 0 Å². The highest BCUT2D eigenvalue weighted by Gasteiger charge is 2.28. The fourth-order valence-corrected chi connectivity index (χ4v) is 3.23. The minimum absolute atomic E-state index is 0.0576. The van der Waals surface area contributed by atoms with Crippen LogP contribution in [0.5, 0.6) is 0 Å². The van der Waals surface area contributed by atoms with E-state index in [9.17, 15) is 9.59 Å². The molecule has 3 amide bonds. The van der Waals surface area contributed by atoms with E-state index in [1.54, 1.807) is 4.90 Å². The summed E-state index contributed by atoms with van der Waals surface area (Å²) in [6.45, 7) is 12.8. The first-order valence-corrected chi connectivity index (χ1v) is 10.1. The van der Waals surface area contributed by atoms with Crippen LogP contribution in [0.25, 0.3) is 0 Å². The van der Waals surface area contributed by atoms with Crippen molar-refractivity contribution in [2.45, 2.75) is 65.5 Å². The van der Waals surface area contributed by atoms with Crippen LogP contribution in [0.3, 0.4) is 0 Å². The van der Waals surface area contributed by atoms with Crippen LogP contribution in [0.4, 0.5) is 21.1 Å². The number of rotatable bonds is 2. The van der Waals surface area contributed by atoms with Gasteiger partial charge < -0.3 is 15.0 Å². The summed E-state index contributed by atoms with van der Waals surface area (Å²) in [6.07, 6.45) is 0.231. The van der Waals surface area contributed by atoms with Crippen molar-refractivity contribution in [3.05, 3.63) is 41.1 Å². The molecular weight excluding hydrogens is 382 g/mol. The quantitative estimate of drug-likeness (QED) is 0.667. The van der Waals surface area contributed by atoms with Crippen LogP contribution >= 0.6 is 0 Å². The summed E-state index contributed by atoms with van der Waals surface area (Å²) in [5.74, 6) is 0.484. The van der Waals surface area contributed by atoms with Gasteiger partial charge in [-0.2, -0.15) is 5.10 Å². The normalized spacial score (nSPS) is 14.1. The molecule has 3 N–H and O–H groups in total. The number of benzene rings is 1. The predicted molar refractivity (Wildman–Crippen MR) is 117 cm³/mol. The van der Waals surface area contributed by atoms with Crippen LogP contribution in [0.1, 0.15) is 58.4 Å². The van der Waals surface area contributed by atoms with Crippen molar-refractivity contribution in [2.24, 2.45) is 0 Å². The van der Waals surface area contributed by atoms with Gasteiger partial charge in [-0.15, -0.1) is 0 Å². The number of aromatic nitrogens is 2. The number of anilines is 2. The Kier molecular flexibility index (Phi) is 5.78. The first-order valence-electron chi connectivity index (χ1n) is 10.1. The Labute approximate surface area is 177 Å². The first-order chi connectivity index (χ1) is 13.9. The van der Waals surface area contributed by atoms with E-state index in [4.69, 9.17) is 4.74 Å². The largest absolute Gasteiger partial charge is 0.444 e. The highest BCUT2D eigenvalue weighted by atomic mass is 16.6. The zero-order valence-corrected chi connectivity index (χ0v) is 18.5. The van der Waals surface area contributed by atoms with Crippen molar-refractivity contribution in [3.8, 4) is 0 Å². The molecule has 0 atom stereocenters. The van der Waals surface area contributed by atoms with Crippen LogP contribution in [0.15, 0.2) is 24.3 Å². The molecule has 0 saturated carbocycles. The Bertz CT molecular complexity index is 920. The van der Waals surface area contributed by atoms with Crippen molar-refractivity contribution in [2.75, 3.05) is 17.2 Å². The summed E-state index contributed by atoms with van der Waals surface area (Å²) >= 11 is 0. The molecular formula is C22H31N5O3. The van der Waals surface area contributed by atoms with Crippen LogP contribution in [0.2, 0.25) is 0 Å². The molecule has 2 aromatic rings. The monoisotopic (exact) mass is 413 g/mol. The molecule has 0 saturated heterocycles. The lowest BCUT2D eigenvalue weighted by Gasteiger charge is -2.29. The number of urea groups is 1. The van der Waals surface area contributed by atoms with Crippen molar-refractivity contribution in [1.82, 2.24) is 15.1 Å². The van der Waals surface area contributed by atoms with Gasteiger partial charge in [-0.05, 0) is 50.3 Å². The number of carbonyl (C=O) groups excluding carboxylic acids is 2. The SMILES string of the molecule is CC(C)(C)OC(=O)N1CCc2c(NC(=O)Nc3ccc(C(C)(C)C)cc3)n[nH]c2C1. The Balaban J connectivity index is 1.60.